The number of hydrogen-bond acceptors (Lipinski definition) is 3. The van der Waals surface area contributed by atoms with E-state index in [1.165, 1.54) is 57.6 Å². The molecule has 2 heterocycles. The monoisotopic (exact) mass is 228 g/mol. The Balaban J connectivity index is 1.57. The van der Waals surface area contributed by atoms with E-state index in [0.717, 1.165) is 11.3 Å². The second-order valence-electron chi connectivity index (χ2n) is 4.83. The molecule has 15 heavy (non-hydrogen) atoms. The summed E-state index contributed by atoms with van der Waals surface area (Å²) in [6.07, 6.45) is 5.64. The smallest absolute Gasteiger partial charge is 0.0192 e. The van der Waals surface area contributed by atoms with Crippen LogP contribution in [-0.4, -0.2) is 48.1 Å². The van der Waals surface area contributed by atoms with E-state index in [-0.39, 0.29) is 0 Å². The first-order valence-electron chi connectivity index (χ1n) is 6.43. The van der Waals surface area contributed by atoms with Gasteiger partial charge in [0.1, 0.15) is 0 Å². The molecule has 1 N–H and O–H groups in total. The minimum absolute atomic E-state index is 0.778. The first-order valence-corrected chi connectivity index (χ1v) is 7.48. The van der Waals surface area contributed by atoms with E-state index in [1.807, 2.05) is 0 Å². The zero-order chi connectivity index (χ0) is 10.5. The van der Waals surface area contributed by atoms with Crippen LogP contribution in [0.25, 0.3) is 0 Å². The Morgan fingerprint density at radius 3 is 2.73 bits per heavy atom. The molecule has 2 aliphatic heterocycles. The van der Waals surface area contributed by atoms with Gasteiger partial charge in [0.2, 0.25) is 0 Å². The maximum Gasteiger partial charge on any atom is 0.0192 e. The molecular weight excluding hydrogens is 204 g/mol. The summed E-state index contributed by atoms with van der Waals surface area (Å²) in [7, 11) is 0. The van der Waals surface area contributed by atoms with Gasteiger partial charge in [0, 0.05) is 24.4 Å². The van der Waals surface area contributed by atoms with Crippen LogP contribution in [0.2, 0.25) is 0 Å². The quantitative estimate of drug-likeness (QED) is 0.792. The minimum atomic E-state index is 0.778. The highest BCUT2D eigenvalue weighted by Gasteiger charge is 2.23. The van der Waals surface area contributed by atoms with Gasteiger partial charge in [0.05, 0.1) is 0 Å². The van der Waals surface area contributed by atoms with E-state index in [0.29, 0.717) is 0 Å². The largest absolute Gasteiger partial charge is 0.312 e. The molecule has 0 spiro atoms. The van der Waals surface area contributed by atoms with Crippen molar-refractivity contribution < 1.29 is 0 Å². The highest BCUT2D eigenvalue weighted by Crippen LogP contribution is 2.25. The second-order valence-corrected chi connectivity index (χ2v) is 6.31. The first kappa shape index (κ1) is 11.7. The lowest BCUT2D eigenvalue weighted by Gasteiger charge is -2.27. The van der Waals surface area contributed by atoms with Gasteiger partial charge in [-0.15, -0.1) is 0 Å². The molecule has 2 rings (SSSR count). The molecule has 2 unspecified atom stereocenters. The Bertz CT molecular complexity index is 180. The lowest BCUT2D eigenvalue weighted by Crippen LogP contribution is -2.41. The summed E-state index contributed by atoms with van der Waals surface area (Å²) in [6.45, 7) is 7.47. The Hall–Kier alpha value is 0.270. The summed E-state index contributed by atoms with van der Waals surface area (Å²) in [5.41, 5.74) is 0. The van der Waals surface area contributed by atoms with Crippen LogP contribution in [0, 0.1) is 0 Å². The van der Waals surface area contributed by atoms with Crippen molar-refractivity contribution in [1.82, 2.24) is 10.2 Å². The predicted octanol–water partition coefficient (Wildman–Crippen LogP) is 1.96. The molecule has 2 saturated heterocycles. The molecule has 0 saturated carbocycles. The van der Waals surface area contributed by atoms with Crippen molar-refractivity contribution in [2.24, 2.45) is 0 Å². The second kappa shape index (κ2) is 6.12. The van der Waals surface area contributed by atoms with Crippen LogP contribution in [0.15, 0.2) is 0 Å². The van der Waals surface area contributed by atoms with Crippen LogP contribution in [0.5, 0.6) is 0 Å². The van der Waals surface area contributed by atoms with Crippen molar-refractivity contribution in [1.29, 1.82) is 0 Å². The third kappa shape index (κ3) is 3.65. The van der Waals surface area contributed by atoms with Gasteiger partial charge in [-0.1, -0.05) is 13.3 Å². The number of nitrogens with one attached hydrogen (secondary N) is 1. The molecule has 0 radical (unpaired) electrons. The molecule has 88 valence electrons. The molecule has 0 aromatic carbocycles. The third-order valence-corrected chi connectivity index (χ3v) is 4.99. The summed E-state index contributed by atoms with van der Waals surface area (Å²) in [5, 5.41) is 4.54. The molecule has 0 aliphatic carbocycles. The minimum Gasteiger partial charge on any atom is -0.312 e. The summed E-state index contributed by atoms with van der Waals surface area (Å²) in [5.74, 6) is 1.35. The molecule has 0 aromatic rings. The van der Waals surface area contributed by atoms with E-state index in [9.17, 15) is 0 Å². The normalized spacial score (nSPS) is 33.4. The zero-order valence-electron chi connectivity index (χ0n) is 9.87. The maximum atomic E-state index is 3.72. The molecule has 2 fully saturated rings. The summed E-state index contributed by atoms with van der Waals surface area (Å²) in [4.78, 5) is 2.61. The number of thioether (sulfide) groups is 1. The van der Waals surface area contributed by atoms with Crippen LogP contribution in [0.4, 0.5) is 0 Å². The van der Waals surface area contributed by atoms with Crippen LogP contribution in [0.1, 0.15) is 32.6 Å². The van der Waals surface area contributed by atoms with E-state index in [2.05, 4.69) is 28.9 Å². The fourth-order valence-corrected chi connectivity index (χ4v) is 3.82. The Morgan fingerprint density at radius 2 is 2.07 bits per heavy atom. The highest BCUT2D eigenvalue weighted by atomic mass is 32.2. The van der Waals surface area contributed by atoms with E-state index in [1.54, 1.807) is 0 Å². The molecule has 0 aromatic heterocycles. The average Bonchev–Trinajstić information content (AvgIpc) is 2.66. The van der Waals surface area contributed by atoms with Gasteiger partial charge >= 0.3 is 0 Å². The van der Waals surface area contributed by atoms with Gasteiger partial charge in [-0.2, -0.15) is 11.8 Å². The van der Waals surface area contributed by atoms with Crippen LogP contribution in [0.3, 0.4) is 0 Å². The molecule has 3 heteroatoms. The van der Waals surface area contributed by atoms with Gasteiger partial charge in [0.25, 0.3) is 0 Å². The SMILES string of the molecule is CC1SCCC1NCCN1CCCCC1. The topological polar surface area (TPSA) is 15.3 Å². The highest BCUT2D eigenvalue weighted by molar-refractivity contribution is 8.00. The summed E-state index contributed by atoms with van der Waals surface area (Å²) >= 11 is 2.12. The Kier molecular flexibility index (Phi) is 4.79. The first-order chi connectivity index (χ1) is 7.36. The van der Waals surface area contributed by atoms with Gasteiger partial charge in [-0.25, -0.2) is 0 Å². The summed E-state index contributed by atoms with van der Waals surface area (Å²) < 4.78 is 0. The number of nitrogens with zero attached hydrogens (tertiary/aromatic N) is 1. The van der Waals surface area contributed by atoms with Crippen molar-refractivity contribution in [3.8, 4) is 0 Å². The van der Waals surface area contributed by atoms with Crippen LogP contribution in [-0.2, 0) is 0 Å². The lowest BCUT2D eigenvalue weighted by atomic mass is 10.1. The van der Waals surface area contributed by atoms with Crippen LogP contribution >= 0.6 is 11.8 Å². The molecule has 2 aliphatic rings. The van der Waals surface area contributed by atoms with E-state index in [4.69, 9.17) is 0 Å². The third-order valence-electron chi connectivity index (χ3n) is 3.66. The van der Waals surface area contributed by atoms with Crippen LogP contribution < -0.4 is 5.32 Å². The van der Waals surface area contributed by atoms with E-state index < -0.39 is 0 Å². The van der Waals surface area contributed by atoms with Crippen molar-refractivity contribution in [3.05, 3.63) is 0 Å². The molecule has 0 bridgehead atoms. The molecule has 2 atom stereocenters. The fraction of sp³-hybridized carbons (Fsp3) is 1.00. The average molecular weight is 228 g/mol. The molecule has 0 amide bonds. The number of likely N-dealkylation sites (tertiary alicyclic amines) is 1. The fourth-order valence-electron chi connectivity index (χ4n) is 2.59. The number of piperidine rings is 1. The Labute approximate surface area is 98.2 Å². The van der Waals surface area contributed by atoms with Crippen molar-refractivity contribution in [3.63, 3.8) is 0 Å². The summed E-state index contributed by atoms with van der Waals surface area (Å²) in [6, 6.07) is 0.778. The molecule has 2 nitrogen and oxygen atoms in total. The zero-order valence-corrected chi connectivity index (χ0v) is 10.7. The van der Waals surface area contributed by atoms with Crippen molar-refractivity contribution >= 4 is 11.8 Å². The van der Waals surface area contributed by atoms with Gasteiger partial charge in [0.15, 0.2) is 0 Å². The van der Waals surface area contributed by atoms with Gasteiger partial charge < -0.3 is 10.2 Å². The van der Waals surface area contributed by atoms with Gasteiger partial charge in [-0.05, 0) is 38.1 Å². The standard InChI is InChI=1S/C12H24N2S/c1-11-12(5-10-15-11)13-6-9-14-7-3-2-4-8-14/h11-13H,2-10H2,1H3. The molecular formula is C12H24N2S. The van der Waals surface area contributed by atoms with E-state index >= 15 is 0 Å². The Morgan fingerprint density at radius 1 is 1.27 bits per heavy atom. The van der Waals surface area contributed by atoms with Crippen molar-refractivity contribution in [2.75, 3.05) is 31.9 Å². The van der Waals surface area contributed by atoms with Gasteiger partial charge in [-0.3, -0.25) is 0 Å². The lowest BCUT2D eigenvalue weighted by molar-refractivity contribution is 0.226. The predicted molar refractivity (Wildman–Crippen MR) is 68.6 cm³/mol. The number of rotatable bonds is 4. The van der Waals surface area contributed by atoms with Crippen molar-refractivity contribution in [2.45, 2.75) is 43.9 Å². The maximum absolute atomic E-state index is 3.72. The number of hydrogen-bond donors (Lipinski definition) is 1.